The lowest BCUT2D eigenvalue weighted by atomic mass is 9.83. The van der Waals surface area contributed by atoms with Crippen LogP contribution in [-0.4, -0.2) is 5.78 Å². The quantitative estimate of drug-likeness (QED) is 0.762. The van der Waals surface area contributed by atoms with Gasteiger partial charge in [0.05, 0.1) is 0 Å². The largest absolute Gasteiger partial charge is 0.290 e. The van der Waals surface area contributed by atoms with Crippen LogP contribution in [0.2, 0.25) is 0 Å². The molecule has 0 unspecified atom stereocenters. The number of rotatable bonds is 2. The third-order valence-electron chi connectivity index (χ3n) is 3.88. The zero-order valence-electron chi connectivity index (χ0n) is 12.8. The fourth-order valence-corrected chi connectivity index (χ4v) is 2.98. The third-order valence-corrected chi connectivity index (χ3v) is 3.88. The number of carbonyl (C=O) groups is 1. The molecule has 1 nitrogen and oxygen atoms in total. The van der Waals surface area contributed by atoms with Crippen LogP contribution in [0.5, 0.6) is 0 Å². The molecule has 0 N–H and O–H groups in total. The highest BCUT2D eigenvalue weighted by molar-refractivity contribution is 6.05. The molecule has 2 aromatic rings. The minimum absolute atomic E-state index is 0.0687. The molecule has 0 aliphatic heterocycles. The van der Waals surface area contributed by atoms with Crippen molar-refractivity contribution in [3.63, 3.8) is 0 Å². The van der Waals surface area contributed by atoms with Crippen LogP contribution < -0.4 is 0 Å². The molecule has 3 rings (SSSR count). The van der Waals surface area contributed by atoms with E-state index in [0.717, 1.165) is 16.7 Å². The van der Waals surface area contributed by atoms with Gasteiger partial charge in [0, 0.05) is 0 Å². The maximum atomic E-state index is 11.7. The van der Waals surface area contributed by atoms with Crippen molar-refractivity contribution >= 4 is 11.4 Å². The minimum Gasteiger partial charge on any atom is -0.290 e. The van der Waals surface area contributed by atoms with Crippen LogP contribution in [0.4, 0.5) is 0 Å². The van der Waals surface area contributed by atoms with Crippen molar-refractivity contribution in [2.45, 2.75) is 13.8 Å². The highest BCUT2D eigenvalue weighted by atomic mass is 16.1. The minimum atomic E-state index is 0.0687. The number of ketones is 1. The fourth-order valence-electron chi connectivity index (χ4n) is 2.98. The Morgan fingerprint density at radius 2 is 1.09 bits per heavy atom. The van der Waals surface area contributed by atoms with Crippen molar-refractivity contribution in [3.8, 4) is 0 Å². The highest BCUT2D eigenvalue weighted by Crippen LogP contribution is 2.35. The summed E-state index contributed by atoms with van der Waals surface area (Å²) in [5.41, 5.74) is 6.70. The van der Waals surface area contributed by atoms with Crippen molar-refractivity contribution in [2.75, 3.05) is 0 Å². The molecule has 0 atom stereocenters. The maximum absolute atomic E-state index is 11.7. The van der Waals surface area contributed by atoms with Crippen LogP contribution in [0.25, 0.3) is 5.57 Å². The van der Waals surface area contributed by atoms with E-state index in [1.165, 1.54) is 16.7 Å². The van der Waals surface area contributed by atoms with Gasteiger partial charge in [0.2, 0.25) is 0 Å². The first-order valence-corrected chi connectivity index (χ1v) is 7.43. The maximum Gasteiger partial charge on any atom is 0.179 e. The van der Waals surface area contributed by atoms with E-state index in [2.05, 4.69) is 24.3 Å². The molecule has 0 heterocycles. The van der Waals surface area contributed by atoms with E-state index in [-0.39, 0.29) is 5.78 Å². The van der Waals surface area contributed by atoms with Gasteiger partial charge in [-0.15, -0.1) is 0 Å². The Bertz CT molecular complexity index is 725. The summed E-state index contributed by atoms with van der Waals surface area (Å²) in [5, 5.41) is 0. The first kappa shape index (κ1) is 14.3. The molecular formula is C21H18O. The highest BCUT2D eigenvalue weighted by Gasteiger charge is 2.18. The van der Waals surface area contributed by atoms with Crippen molar-refractivity contribution in [2.24, 2.45) is 0 Å². The molecule has 0 spiro atoms. The topological polar surface area (TPSA) is 17.1 Å². The molecule has 1 aliphatic carbocycles. The van der Waals surface area contributed by atoms with Gasteiger partial charge in [0.1, 0.15) is 0 Å². The molecule has 1 heteroatoms. The summed E-state index contributed by atoms with van der Waals surface area (Å²) >= 11 is 0. The summed E-state index contributed by atoms with van der Waals surface area (Å²) in [6, 6.07) is 20.7. The molecule has 22 heavy (non-hydrogen) atoms. The summed E-state index contributed by atoms with van der Waals surface area (Å²) in [6.07, 6.45) is 3.43. The van der Waals surface area contributed by atoms with Crippen LogP contribution in [0.3, 0.4) is 0 Å². The van der Waals surface area contributed by atoms with Gasteiger partial charge in [-0.2, -0.15) is 0 Å². The standard InChI is InChI=1S/C21H18O/c1-15-13-19(22)14-16(2)20(15)21(17-9-5-3-6-10-17)18-11-7-4-8-12-18/h3-14H,1-2H3. The number of allylic oxidation sites excluding steroid dienone is 5. The second-order valence-corrected chi connectivity index (χ2v) is 5.54. The molecule has 0 saturated carbocycles. The Balaban J connectivity index is 2.31. The van der Waals surface area contributed by atoms with Crippen LogP contribution in [-0.2, 0) is 4.79 Å². The predicted molar refractivity (Wildman–Crippen MR) is 91.4 cm³/mol. The van der Waals surface area contributed by atoms with Crippen LogP contribution in [0.15, 0.2) is 89.5 Å². The van der Waals surface area contributed by atoms with E-state index in [1.807, 2.05) is 50.2 Å². The average Bonchev–Trinajstić information content (AvgIpc) is 2.52. The van der Waals surface area contributed by atoms with Gasteiger partial charge in [0.25, 0.3) is 0 Å². The van der Waals surface area contributed by atoms with Gasteiger partial charge in [0.15, 0.2) is 5.78 Å². The molecule has 0 fully saturated rings. The smallest absolute Gasteiger partial charge is 0.179 e. The Labute approximate surface area is 131 Å². The van der Waals surface area contributed by atoms with Crippen molar-refractivity contribution < 1.29 is 4.79 Å². The monoisotopic (exact) mass is 286 g/mol. The van der Waals surface area contributed by atoms with E-state index >= 15 is 0 Å². The van der Waals surface area contributed by atoms with Crippen LogP contribution >= 0.6 is 0 Å². The third kappa shape index (κ3) is 2.71. The molecule has 108 valence electrons. The van der Waals surface area contributed by atoms with E-state index < -0.39 is 0 Å². The number of carbonyl (C=O) groups excluding carboxylic acids is 1. The summed E-state index contributed by atoms with van der Waals surface area (Å²) < 4.78 is 0. The normalized spacial score (nSPS) is 14.5. The molecule has 0 aromatic heterocycles. The summed E-state index contributed by atoms with van der Waals surface area (Å²) in [6.45, 7) is 4.02. The van der Waals surface area contributed by atoms with Crippen molar-refractivity contribution in [1.29, 1.82) is 0 Å². The molecule has 0 saturated heterocycles. The molecule has 0 amide bonds. The molecule has 0 radical (unpaired) electrons. The Kier molecular flexibility index (Phi) is 3.88. The van der Waals surface area contributed by atoms with Crippen molar-refractivity contribution in [1.82, 2.24) is 0 Å². The molecular weight excluding hydrogens is 268 g/mol. The average molecular weight is 286 g/mol. The lowest BCUT2D eigenvalue weighted by Gasteiger charge is -2.20. The van der Waals surface area contributed by atoms with Gasteiger partial charge in [-0.05, 0) is 59.4 Å². The SMILES string of the molecule is CC1=CC(=O)C=C(C)C1=C(c1ccccc1)c1ccccc1. The van der Waals surface area contributed by atoms with Gasteiger partial charge >= 0.3 is 0 Å². The zero-order valence-corrected chi connectivity index (χ0v) is 12.8. The van der Waals surface area contributed by atoms with E-state index in [1.54, 1.807) is 12.2 Å². The molecule has 2 aromatic carbocycles. The Morgan fingerprint density at radius 3 is 1.50 bits per heavy atom. The molecule has 1 aliphatic rings. The van der Waals surface area contributed by atoms with Crippen molar-refractivity contribution in [3.05, 3.63) is 101 Å². The number of benzene rings is 2. The Morgan fingerprint density at radius 1 is 0.682 bits per heavy atom. The van der Waals surface area contributed by atoms with Gasteiger partial charge < -0.3 is 0 Å². The summed E-state index contributed by atoms with van der Waals surface area (Å²) in [4.78, 5) is 11.7. The first-order valence-electron chi connectivity index (χ1n) is 7.43. The second kappa shape index (κ2) is 5.98. The van der Waals surface area contributed by atoms with Crippen LogP contribution in [0.1, 0.15) is 25.0 Å². The summed E-state index contributed by atoms with van der Waals surface area (Å²) in [7, 11) is 0. The lowest BCUT2D eigenvalue weighted by molar-refractivity contribution is -0.110. The van der Waals surface area contributed by atoms with Gasteiger partial charge in [-0.3, -0.25) is 4.79 Å². The Hall–Kier alpha value is -2.67. The van der Waals surface area contributed by atoms with E-state index in [9.17, 15) is 4.79 Å². The van der Waals surface area contributed by atoms with E-state index in [4.69, 9.17) is 0 Å². The van der Waals surface area contributed by atoms with Gasteiger partial charge in [-0.1, -0.05) is 60.7 Å². The van der Waals surface area contributed by atoms with Gasteiger partial charge in [-0.25, -0.2) is 0 Å². The second-order valence-electron chi connectivity index (χ2n) is 5.54. The van der Waals surface area contributed by atoms with Crippen LogP contribution in [0, 0.1) is 0 Å². The van der Waals surface area contributed by atoms with E-state index in [0.29, 0.717) is 0 Å². The first-order chi connectivity index (χ1) is 10.7. The number of hydrogen-bond acceptors (Lipinski definition) is 1. The lowest BCUT2D eigenvalue weighted by Crippen LogP contribution is -2.05. The predicted octanol–water partition coefficient (Wildman–Crippen LogP) is 4.96. The zero-order chi connectivity index (χ0) is 15.5. The number of hydrogen-bond donors (Lipinski definition) is 0. The molecule has 0 bridgehead atoms. The fraction of sp³-hybridized carbons (Fsp3) is 0.0952. The summed E-state index contributed by atoms with van der Waals surface area (Å²) in [5.74, 6) is 0.0687.